The Hall–Kier alpha value is -1.56. The molecule has 23 heavy (non-hydrogen) atoms. The van der Waals surface area contributed by atoms with Crippen LogP contribution < -0.4 is 10.2 Å². The molecule has 1 aliphatic rings. The standard InChI is InChI=1S/C16H11BrCl2N2O2/c17-9-4-6-10(7-5-9)20-12-8-14(22)21(16(12)23)13-3-1-2-11(18)15(13)19/h1-7,12,20H,8H2/t12-/m1/s1. The maximum absolute atomic E-state index is 12.6. The van der Waals surface area contributed by atoms with E-state index in [1.54, 1.807) is 18.2 Å². The van der Waals surface area contributed by atoms with E-state index in [-0.39, 0.29) is 23.3 Å². The van der Waals surface area contributed by atoms with E-state index in [1.807, 2.05) is 24.3 Å². The highest BCUT2D eigenvalue weighted by Gasteiger charge is 2.40. The Kier molecular flexibility index (Phi) is 4.62. The van der Waals surface area contributed by atoms with Crippen LogP contribution in [0.15, 0.2) is 46.9 Å². The third kappa shape index (κ3) is 3.22. The minimum atomic E-state index is -0.626. The lowest BCUT2D eigenvalue weighted by atomic mass is 10.2. The van der Waals surface area contributed by atoms with Gasteiger partial charge in [-0.3, -0.25) is 9.59 Å². The van der Waals surface area contributed by atoms with Gasteiger partial charge in [0.25, 0.3) is 5.91 Å². The molecule has 7 heteroatoms. The summed E-state index contributed by atoms with van der Waals surface area (Å²) in [5.74, 6) is -0.657. The smallest absolute Gasteiger partial charge is 0.256 e. The number of imide groups is 1. The van der Waals surface area contributed by atoms with Gasteiger partial charge in [-0.25, -0.2) is 4.90 Å². The topological polar surface area (TPSA) is 49.4 Å². The molecule has 0 spiro atoms. The lowest BCUT2D eigenvalue weighted by molar-refractivity contribution is -0.121. The lowest BCUT2D eigenvalue weighted by Gasteiger charge is -2.17. The Morgan fingerprint density at radius 2 is 1.78 bits per heavy atom. The van der Waals surface area contributed by atoms with Gasteiger partial charge in [0.1, 0.15) is 6.04 Å². The van der Waals surface area contributed by atoms with Crippen molar-refractivity contribution < 1.29 is 9.59 Å². The van der Waals surface area contributed by atoms with E-state index in [9.17, 15) is 9.59 Å². The summed E-state index contributed by atoms with van der Waals surface area (Å²) in [5, 5.41) is 3.57. The van der Waals surface area contributed by atoms with Gasteiger partial charge in [-0.05, 0) is 36.4 Å². The van der Waals surface area contributed by atoms with Crippen LogP contribution in [-0.2, 0) is 9.59 Å². The average Bonchev–Trinajstić information content (AvgIpc) is 2.79. The second-order valence-electron chi connectivity index (χ2n) is 5.05. The van der Waals surface area contributed by atoms with Crippen LogP contribution in [0.2, 0.25) is 10.0 Å². The quantitative estimate of drug-likeness (QED) is 0.753. The Morgan fingerprint density at radius 1 is 1.09 bits per heavy atom. The Labute approximate surface area is 151 Å². The summed E-state index contributed by atoms with van der Waals surface area (Å²) >= 11 is 15.4. The Balaban J connectivity index is 1.85. The minimum Gasteiger partial charge on any atom is -0.373 e. The van der Waals surface area contributed by atoms with Gasteiger partial charge in [0.2, 0.25) is 5.91 Å². The second kappa shape index (κ2) is 6.51. The van der Waals surface area contributed by atoms with Crippen LogP contribution in [0.1, 0.15) is 6.42 Å². The molecular formula is C16H11BrCl2N2O2. The third-order valence-corrected chi connectivity index (χ3v) is 4.84. The molecule has 2 aromatic carbocycles. The van der Waals surface area contributed by atoms with Gasteiger partial charge in [0.15, 0.2) is 0 Å². The van der Waals surface area contributed by atoms with Gasteiger partial charge in [0.05, 0.1) is 22.2 Å². The van der Waals surface area contributed by atoms with Crippen LogP contribution in [0.3, 0.4) is 0 Å². The number of nitrogens with one attached hydrogen (secondary N) is 1. The van der Waals surface area contributed by atoms with Crippen LogP contribution in [0.5, 0.6) is 0 Å². The number of carbonyl (C=O) groups is 2. The number of carbonyl (C=O) groups excluding carboxylic acids is 2. The molecule has 3 rings (SSSR count). The summed E-state index contributed by atoms with van der Waals surface area (Å²) in [6, 6.07) is 11.6. The minimum absolute atomic E-state index is 0.0672. The monoisotopic (exact) mass is 412 g/mol. The highest BCUT2D eigenvalue weighted by molar-refractivity contribution is 9.10. The van der Waals surface area contributed by atoms with Crippen LogP contribution in [-0.4, -0.2) is 17.9 Å². The number of amides is 2. The van der Waals surface area contributed by atoms with Gasteiger partial charge in [0, 0.05) is 10.2 Å². The summed E-state index contributed by atoms with van der Waals surface area (Å²) in [5.41, 5.74) is 1.08. The molecule has 0 aliphatic carbocycles. The predicted octanol–water partition coefficient (Wildman–Crippen LogP) is 4.50. The Bertz CT molecular complexity index is 780. The molecule has 0 unspecified atom stereocenters. The first kappa shape index (κ1) is 16.3. The van der Waals surface area contributed by atoms with Crippen molar-refractivity contribution in [2.24, 2.45) is 0 Å². The lowest BCUT2D eigenvalue weighted by Crippen LogP contribution is -2.35. The summed E-state index contributed by atoms with van der Waals surface area (Å²) in [6.45, 7) is 0. The first-order chi connectivity index (χ1) is 11.0. The van der Waals surface area contributed by atoms with E-state index in [0.29, 0.717) is 10.7 Å². The molecule has 1 saturated heterocycles. The normalized spacial score (nSPS) is 17.7. The van der Waals surface area contributed by atoms with Crippen LogP contribution in [0, 0.1) is 0 Å². The number of benzene rings is 2. The van der Waals surface area contributed by atoms with E-state index in [4.69, 9.17) is 23.2 Å². The van der Waals surface area contributed by atoms with Crippen molar-refractivity contribution in [3.8, 4) is 0 Å². The van der Waals surface area contributed by atoms with Crippen molar-refractivity contribution in [3.05, 3.63) is 57.0 Å². The van der Waals surface area contributed by atoms with Crippen molar-refractivity contribution in [1.29, 1.82) is 0 Å². The number of hydrogen-bond acceptors (Lipinski definition) is 3. The molecule has 1 atom stereocenters. The van der Waals surface area contributed by atoms with Crippen molar-refractivity contribution in [1.82, 2.24) is 0 Å². The van der Waals surface area contributed by atoms with E-state index in [1.165, 1.54) is 0 Å². The molecule has 4 nitrogen and oxygen atoms in total. The van der Waals surface area contributed by atoms with Crippen LogP contribution in [0.4, 0.5) is 11.4 Å². The summed E-state index contributed by atoms with van der Waals surface area (Å²) < 4.78 is 0.934. The first-order valence-corrected chi connectivity index (χ1v) is 8.35. The molecular weight excluding hydrogens is 403 g/mol. The molecule has 2 amide bonds. The molecule has 1 N–H and O–H groups in total. The molecule has 0 saturated carbocycles. The molecule has 0 aromatic heterocycles. The maximum atomic E-state index is 12.6. The summed E-state index contributed by atoms with van der Waals surface area (Å²) in [4.78, 5) is 25.9. The van der Waals surface area contributed by atoms with Gasteiger partial charge in [-0.2, -0.15) is 0 Å². The van der Waals surface area contributed by atoms with Gasteiger partial charge >= 0.3 is 0 Å². The van der Waals surface area contributed by atoms with Crippen LogP contribution >= 0.6 is 39.1 Å². The van der Waals surface area contributed by atoms with Crippen molar-refractivity contribution >= 4 is 62.3 Å². The second-order valence-corrected chi connectivity index (χ2v) is 6.75. The number of nitrogens with zero attached hydrogens (tertiary/aromatic N) is 1. The predicted molar refractivity (Wildman–Crippen MR) is 95.1 cm³/mol. The number of rotatable bonds is 3. The van der Waals surface area contributed by atoms with Crippen molar-refractivity contribution in [2.75, 3.05) is 10.2 Å². The maximum Gasteiger partial charge on any atom is 0.256 e. The van der Waals surface area contributed by atoms with Crippen molar-refractivity contribution in [2.45, 2.75) is 12.5 Å². The molecule has 1 aliphatic heterocycles. The highest BCUT2D eigenvalue weighted by atomic mass is 79.9. The fourth-order valence-electron chi connectivity index (χ4n) is 2.41. The molecule has 2 aromatic rings. The van der Waals surface area contributed by atoms with Gasteiger partial charge < -0.3 is 5.32 Å². The molecule has 0 radical (unpaired) electrons. The fraction of sp³-hybridized carbons (Fsp3) is 0.125. The molecule has 118 valence electrons. The Morgan fingerprint density at radius 3 is 2.48 bits per heavy atom. The van der Waals surface area contributed by atoms with E-state index in [0.717, 1.165) is 15.1 Å². The SMILES string of the molecule is O=C1C[C@@H](Nc2ccc(Br)cc2)C(=O)N1c1cccc(Cl)c1Cl. The molecule has 1 heterocycles. The largest absolute Gasteiger partial charge is 0.373 e. The zero-order chi connectivity index (χ0) is 16.6. The zero-order valence-corrected chi connectivity index (χ0v) is 14.8. The third-order valence-electron chi connectivity index (χ3n) is 3.50. The van der Waals surface area contributed by atoms with E-state index >= 15 is 0 Å². The van der Waals surface area contributed by atoms with Gasteiger partial charge in [-0.15, -0.1) is 0 Å². The average molecular weight is 414 g/mol. The van der Waals surface area contributed by atoms with Crippen molar-refractivity contribution in [3.63, 3.8) is 0 Å². The number of hydrogen-bond donors (Lipinski definition) is 1. The van der Waals surface area contributed by atoms with E-state index in [2.05, 4.69) is 21.2 Å². The zero-order valence-electron chi connectivity index (χ0n) is 11.7. The van der Waals surface area contributed by atoms with E-state index < -0.39 is 6.04 Å². The molecule has 1 fully saturated rings. The first-order valence-electron chi connectivity index (χ1n) is 6.80. The molecule has 0 bridgehead atoms. The summed E-state index contributed by atoms with van der Waals surface area (Å²) in [6.07, 6.45) is 0.0672. The highest BCUT2D eigenvalue weighted by Crippen LogP contribution is 2.35. The summed E-state index contributed by atoms with van der Waals surface area (Å²) in [7, 11) is 0. The number of anilines is 2. The van der Waals surface area contributed by atoms with Crippen LogP contribution in [0.25, 0.3) is 0 Å². The fourth-order valence-corrected chi connectivity index (χ4v) is 3.05. The number of halogens is 3. The van der Waals surface area contributed by atoms with Gasteiger partial charge in [-0.1, -0.05) is 45.2 Å².